The molecule has 0 saturated carbocycles. The van der Waals surface area contributed by atoms with E-state index < -0.39 is 0 Å². The van der Waals surface area contributed by atoms with Gasteiger partial charge in [-0.05, 0) is 31.8 Å². The molecule has 0 aromatic rings. The molecular weight excluding hydrogens is 202 g/mol. The molecule has 98 valence electrons. The molecule has 0 amide bonds. The average molecular weight is 230 g/mol. The van der Waals surface area contributed by atoms with Crippen molar-refractivity contribution in [1.82, 2.24) is 5.06 Å². The number of nitrogens with zero attached hydrogens (tertiary/aromatic N) is 1. The Morgan fingerprint density at radius 3 is 2.12 bits per heavy atom. The second-order valence-corrected chi connectivity index (χ2v) is 4.96. The van der Waals surface area contributed by atoms with Crippen LogP contribution in [0.25, 0.3) is 0 Å². The average Bonchev–Trinajstić information content (AvgIpc) is 2.24. The van der Waals surface area contributed by atoms with Gasteiger partial charge in [0.2, 0.25) is 0 Å². The zero-order chi connectivity index (χ0) is 12.2. The molecule has 0 fully saturated rings. The van der Waals surface area contributed by atoms with Gasteiger partial charge in [-0.2, -0.15) is 0 Å². The minimum absolute atomic E-state index is 0.119. The van der Waals surface area contributed by atoms with Crippen molar-refractivity contribution in [2.75, 3.05) is 19.7 Å². The molecule has 0 radical (unpaired) electrons. The summed E-state index contributed by atoms with van der Waals surface area (Å²) in [4.78, 5) is 0. The molecule has 0 aliphatic heterocycles. The Bertz CT molecular complexity index is 140. The quantitative estimate of drug-likeness (QED) is 0.438. The van der Waals surface area contributed by atoms with E-state index in [0.29, 0.717) is 19.5 Å². The van der Waals surface area contributed by atoms with Gasteiger partial charge in [-0.25, -0.2) is 0 Å². The second kappa shape index (κ2) is 11.4. The fraction of sp³-hybridized carbons (Fsp3) is 1.00. The van der Waals surface area contributed by atoms with Gasteiger partial charge in [0.15, 0.2) is 0 Å². The van der Waals surface area contributed by atoms with E-state index in [1.165, 1.54) is 25.7 Å². The van der Waals surface area contributed by atoms with Crippen molar-refractivity contribution in [3.8, 4) is 0 Å². The third-order valence-electron chi connectivity index (χ3n) is 2.75. The predicted octanol–water partition coefficient (Wildman–Crippen LogP) is 3.17. The zero-order valence-corrected chi connectivity index (χ0v) is 11.0. The molecule has 16 heavy (non-hydrogen) atoms. The van der Waals surface area contributed by atoms with E-state index in [-0.39, 0.29) is 6.61 Å². The highest BCUT2D eigenvalue weighted by molar-refractivity contribution is 4.57. The van der Waals surface area contributed by atoms with Gasteiger partial charge in [0.25, 0.3) is 0 Å². The normalized spacial score (nSPS) is 11.6. The van der Waals surface area contributed by atoms with Crippen LogP contribution in [0.5, 0.6) is 0 Å². The fourth-order valence-corrected chi connectivity index (χ4v) is 1.73. The summed E-state index contributed by atoms with van der Waals surface area (Å²) in [7, 11) is 0. The SMILES string of the molecule is CC(C)CCCCCCCN([O-])CCCO. The van der Waals surface area contributed by atoms with Gasteiger partial charge in [-0.15, -0.1) is 0 Å². The molecule has 0 bridgehead atoms. The molecule has 0 unspecified atom stereocenters. The van der Waals surface area contributed by atoms with Crippen LogP contribution in [0.1, 0.15) is 58.8 Å². The summed E-state index contributed by atoms with van der Waals surface area (Å²) in [6, 6.07) is 0. The second-order valence-electron chi connectivity index (χ2n) is 4.96. The summed E-state index contributed by atoms with van der Waals surface area (Å²) in [6.45, 7) is 5.74. The Morgan fingerprint density at radius 2 is 1.50 bits per heavy atom. The van der Waals surface area contributed by atoms with Crippen molar-refractivity contribution in [3.05, 3.63) is 5.21 Å². The molecule has 3 nitrogen and oxygen atoms in total. The van der Waals surface area contributed by atoms with Crippen molar-refractivity contribution in [1.29, 1.82) is 0 Å². The molecule has 0 atom stereocenters. The first kappa shape index (κ1) is 15.9. The van der Waals surface area contributed by atoms with Gasteiger partial charge in [0.05, 0.1) is 0 Å². The van der Waals surface area contributed by atoms with Crippen LogP contribution in [0.4, 0.5) is 0 Å². The van der Waals surface area contributed by atoms with Crippen molar-refractivity contribution in [3.63, 3.8) is 0 Å². The Morgan fingerprint density at radius 1 is 0.938 bits per heavy atom. The van der Waals surface area contributed by atoms with Crippen LogP contribution in [0.15, 0.2) is 0 Å². The van der Waals surface area contributed by atoms with E-state index in [9.17, 15) is 5.21 Å². The van der Waals surface area contributed by atoms with Crippen LogP contribution < -0.4 is 0 Å². The number of hydrogen-bond acceptors (Lipinski definition) is 3. The molecule has 0 aromatic carbocycles. The van der Waals surface area contributed by atoms with Crippen LogP contribution in [0, 0.1) is 11.1 Å². The number of hydroxylamine groups is 2. The zero-order valence-electron chi connectivity index (χ0n) is 11.0. The van der Waals surface area contributed by atoms with Crippen LogP contribution >= 0.6 is 0 Å². The van der Waals surface area contributed by atoms with Crippen molar-refractivity contribution < 1.29 is 5.11 Å². The molecule has 0 rings (SSSR count). The summed E-state index contributed by atoms with van der Waals surface area (Å²) in [5.74, 6) is 0.815. The summed E-state index contributed by atoms with van der Waals surface area (Å²) in [5.41, 5.74) is 0. The number of unbranched alkanes of at least 4 members (excludes halogenated alkanes) is 4. The lowest BCUT2D eigenvalue weighted by Gasteiger charge is -2.27. The fourth-order valence-electron chi connectivity index (χ4n) is 1.73. The van der Waals surface area contributed by atoms with Gasteiger partial charge in [0.1, 0.15) is 0 Å². The smallest absolute Gasteiger partial charge is 0.0442 e. The maximum absolute atomic E-state index is 11.2. The van der Waals surface area contributed by atoms with Crippen molar-refractivity contribution >= 4 is 0 Å². The maximum Gasteiger partial charge on any atom is 0.0442 e. The highest BCUT2D eigenvalue weighted by Gasteiger charge is 1.95. The topological polar surface area (TPSA) is 46.5 Å². The first-order chi connectivity index (χ1) is 7.66. The number of aliphatic hydroxyl groups excluding tert-OH is 1. The number of aliphatic hydroxyl groups is 1. The Balaban J connectivity index is 3.08. The monoisotopic (exact) mass is 230 g/mol. The molecule has 0 aromatic heterocycles. The molecule has 0 heterocycles. The van der Waals surface area contributed by atoms with E-state index in [1.54, 1.807) is 0 Å². The summed E-state index contributed by atoms with van der Waals surface area (Å²) in [5, 5.41) is 20.8. The minimum atomic E-state index is 0.119. The lowest BCUT2D eigenvalue weighted by molar-refractivity contribution is 0.257. The molecule has 0 aliphatic rings. The van der Waals surface area contributed by atoms with Crippen molar-refractivity contribution in [2.24, 2.45) is 5.92 Å². The van der Waals surface area contributed by atoms with Crippen LogP contribution in [0.2, 0.25) is 0 Å². The lowest BCUT2D eigenvalue weighted by Crippen LogP contribution is -2.19. The van der Waals surface area contributed by atoms with E-state index in [2.05, 4.69) is 13.8 Å². The maximum atomic E-state index is 11.2. The standard InChI is InChI=1S/C13H28NO2/c1-13(2)9-6-4-3-5-7-10-14(16)11-8-12-15/h13,15H,3-12H2,1-2H3/q-1. The largest absolute Gasteiger partial charge is 0.785 e. The van der Waals surface area contributed by atoms with Crippen LogP contribution in [-0.2, 0) is 0 Å². The first-order valence-corrected chi connectivity index (χ1v) is 6.69. The molecule has 1 N–H and O–H groups in total. The van der Waals surface area contributed by atoms with Crippen LogP contribution in [0.3, 0.4) is 0 Å². The summed E-state index contributed by atoms with van der Waals surface area (Å²) >= 11 is 0. The number of hydrogen-bond donors (Lipinski definition) is 1. The Kier molecular flexibility index (Phi) is 11.3. The lowest BCUT2D eigenvalue weighted by atomic mass is 10.0. The number of rotatable bonds is 11. The molecular formula is C13H28NO2-. The van der Waals surface area contributed by atoms with E-state index in [4.69, 9.17) is 5.11 Å². The Labute approximate surface area is 100 Å². The van der Waals surface area contributed by atoms with Gasteiger partial charge < -0.3 is 15.4 Å². The molecule has 0 aliphatic carbocycles. The molecule has 0 saturated heterocycles. The van der Waals surface area contributed by atoms with Gasteiger partial charge in [-0.3, -0.25) is 0 Å². The highest BCUT2D eigenvalue weighted by atomic mass is 16.5. The van der Waals surface area contributed by atoms with E-state index in [0.717, 1.165) is 23.8 Å². The summed E-state index contributed by atoms with van der Waals surface area (Å²) < 4.78 is 0. The van der Waals surface area contributed by atoms with Gasteiger partial charge in [-0.1, -0.05) is 46.0 Å². The summed E-state index contributed by atoms with van der Waals surface area (Å²) in [6.07, 6.45) is 7.95. The van der Waals surface area contributed by atoms with Gasteiger partial charge >= 0.3 is 0 Å². The van der Waals surface area contributed by atoms with Gasteiger partial charge in [0, 0.05) is 6.61 Å². The third kappa shape index (κ3) is 12.0. The predicted molar refractivity (Wildman–Crippen MR) is 69.2 cm³/mol. The van der Waals surface area contributed by atoms with Crippen LogP contribution in [-0.4, -0.2) is 29.9 Å². The first-order valence-electron chi connectivity index (χ1n) is 6.69. The third-order valence-corrected chi connectivity index (χ3v) is 2.75. The molecule has 0 spiro atoms. The van der Waals surface area contributed by atoms with E-state index >= 15 is 0 Å². The highest BCUT2D eigenvalue weighted by Crippen LogP contribution is 2.10. The van der Waals surface area contributed by atoms with Crippen molar-refractivity contribution in [2.45, 2.75) is 58.8 Å². The Hall–Kier alpha value is -0.120. The minimum Gasteiger partial charge on any atom is -0.785 e. The van der Waals surface area contributed by atoms with E-state index in [1.807, 2.05) is 0 Å². The molecule has 3 heteroatoms.